The number of furan rings is 2. The van der Waals surface area contributed by atoms with Gasteiger partial charge in [0, 0.05) is 5.69 Å². The van der Waals surface area contributed by atoms with Crippen molar-refractivity contribution in [1.29, 1.82) is 0 Å². The van der Waals surface area contributed by atoms with Crippen molar-refractivity contribution in [2.45, 2.75) is 6.23 Å². The number of amides is 1. The lowest BCUT2D eigenvalue weighted by atomic mass is 10.1. The Morgan fingerprint density at radius 3 is 2.50 bits per heavy atom. The summed E-state index contributed by atoms with van der Waals surface area (Å²) in [7, 11) is 0. The van der Waals surface area contributed by atoms with E-state index in [4.69, 9.17) is 4.42 Å². The molecule has 4 rings (SSSR count). The van der Waals surface area contributed by atoms with E-state index in [0.29, 0.717) is 28.0 Å². The molecule has 1 atom stereocenters. The Bertz CT molecular complexity index is 732. The molecule has 2 aromatic heterocycles. The van der Waals surface area contributed by atoms with Crippen LogP contribution in [0.25, 0.3) is 11.2 Å². The van der Waals surface area contributed by atoms with E-state index in [-0.39, 0.29) is 5.91 Å². The Morgan fingerprint density at radius 1 is 1.06 bits per heavy atom. The number of aliphatic hydroxyl groups is 1. The fourth-order valence-corrected chi connectivity index (χ4v) is 2.56. The van der Waals surface area contributed by atoms with Gasteiger partial charge >= 0.3 is 0 Å². The molecule has 0 aliphatic carbocycles. The lowest BCUT2D eigenvalue weighted by Crippen LogP contribution is -2.27. The molecule has 0 radical (unpaired) electrons. The van der Waals surface area contributed by atoms with Crippen molar-refractivity contribution >= 4 is 22.8 Å². The van der Waals surface area contributed by atoms with E-state index in [1.165, 1.54) is 4.90 Å². The largest absolute Gasteiger partial charge is 0.456 e. The highest BCUT2D eigenvalue weighted by molar-refractivity contribution is 6.16. The number of anilines is 1. The molecule has 0 fully saturated rings. The number of hydrogen-bond donors (Lipinski definition) is 1. The maximum Gasteiger partial charge on any atom is 0.265 e. The lowest BCUT2D eigenvalue weighted by molar-refractivity contribution is 0.0935. The third kappa shape index (κ3) is 1.01. The van der Waals surface area contributed by atoms with Crippen LogP contribution in [0.3, 0.4) is 0 Å². The van der Waals surface area contributed by atoms with Crippen molar-refractivity contribution in [3.8, 4) is 0 Å². The van der Waals surface area contributed by atoms with E-state index >= 15 is 0 Å². The maximum absolute atomic E-state index is 12.3. The minimum atomic E-state index is -0.965. The second-order valence-electron chi connectivity index (χ2n) is 4.34. The smallest absolute Gasteiger partial charge is 0.265 e. The van der Waals surface area contributed by atoms with Crippen LogP contribution in [0.5, 0.6) is 0 Å². The number of para-hydroxylation sites is 1. The van der Waals surface area contributed by atoms with E-state index in [1.54, 1.807) is 24.3 Å². The first-order chi connectivity index (χ1) is 8.77. The van der Waals surface area contributed by atoms with Gasteiger partial charge in [0.2, 0.25) is 0 Å². The van der Waals surface area contributed by atoms with Crippen molar-refractivity contribution in [2.24, 2.45) is 0 Å². The minimum absolute atomic E-state index is 0.210. The molecule has 3 heterocycles. The van der Waals surface area contributed by atoms with Gasteiger partial charge in [-0.15, -0.1) is 0 Å². The number of carbonyl (C=O) groups excluding carboxylic acids is 1. The van der Waals surface area contributed by atoms with Crippen LogP contribution < -0.4 is 4.90 Å². The molecule has 1 N–H and O–H groups in total. The third-order valence-electron chi connectivity index (χ3n) is 3.36. The predicted octanol–water partition coefficient (Wildman–Crippen LogP) is 2.52. The predicted molar refractivity (Wildman–Crippen MR) is 65.6 cm³/mol. The summed E-state index contributed by atoms with van der Waals surface area (Å²) in [6.45, 7) is 0. The number of fused-ring (bicyclic) bond motifs is 5. The van der Waals surface area contributed by atoms with Gasteiger partial charge in [0.05, 0.1) is 11.1 Å². The maximum atomic E-state index is 12.3. The Morgan fingerprint density at radius 2 is 1.78 bits per heavy atom. The number of aliphatic hydroxyl groups excluding tert-OH is 1. The van der Waals surface area contributed by atoms with Crippen molar-refractivity contribution in [3.63, 3.8) is 0 Å². The molecule has 18 heavy (non-hydrogen) atoms. The van der Waals surface area contributed by atoms with Crippen molar-refractivity contribution in [3.05, 3.63) is 53.6 Å². The fraction of sp³-hybridized carbons (Fsp3) is 0.0714. The zero-order valence-electron chi connectivity index (χ0n) is 9.33. The first kappa shape index (κ1) is 9.67. The van der Waals surface area contributed by atoms with E-state index in [9.17, 15) is 9.90 Å². The molecule has 4 heteroatoms. The van der Waals surface area contributed by atoms with Gasteiger partial charge in [0.15, 0.2) is 6.23 Å². The van der Waals surface area contributed by atoms with Crippen molar-refractivity contribution in [1.82, 2.24) is 0 Å². The first-order valence-corrected chi connectivity index (χ1v) is 5.69. The van der Waals surface area contributed by atoms with Crippen molar-refractivity contribution < 1.29 is 14.3 Å². The molecule has 0 saturated heterocycles. The highest BCUT2D eigenvalue weighted by Gasteiger charge is 2.42. The molecule has 1 aliphatic heterocycles. The molecule has 1 aromatic carbocycles. The summed E-state index contributed by atoms with van der Waals surface area (Å²) in [5.74, 6) is -0.210. The summed E-state index contributed by atoms with van der Waals surface area (Å²) in [6, 6.07) is 12.7. The number of benzene rings is 2. The molecular formula is C14H9NO3. The van der Waals surface area contributed by atoms with E-state index < -0.39 is 6.23 Å². The summed E-state index contributed by atoms with van der Waals surface area (Å²) >= 11 is 0. The summed E-state index contributed by atoms with van der Waals surface area (Å²) < 4.78 is 5.40. The van der Waals surface area contributed by atoms with Crippen molar-refractivity contribution in [2.75, 3.05) is 4.90 Å². The minimum Gasteiger partial charge on any atom is -0.456 e. The quantitative estimate of drug-likeness (QED) is 0.709. The number of hydrogen-bond acceptors (Lipinski definition) is 3. The molecule has 3 aromatic rings. The molecule has 88 valence electrons. The Labute approximate surface area is 102 Å². The Hall–Kier alpha value is -2.33. The van der Waals surface area contributed by atoms with Crippen LogP contribution in [-0.4, -0.2) is 11.0 Å². The van der Waals surface area contributed by atoms with Gasteiger partial charge in [0.1, 0.15) is 11.2 Å². The average Bonchev–Trinajstić information content (AvgIpc) is 3.05. The highest BCUT2D eigenvalue weighted by atomic mass is 16.3. The molecule has 0 spiro atoms. The highest BCUT2D eigenvalue weighted by Crippen LogP contribution is 2.43. The SMILES string of the molecule is O=C1c2c(c3ccc2o3)C(O)N1c1ccccc1. The zero-order chi connectivity index (χ0) is 12.3. The molecule has 1 unspecified atom stereocenters. The monoisotopic (exact) mass is 239 g/mol. The third-order valence-corrected chi connectivity index (χ3v) is 3.36. The van der Waals surface area contributed by atoms with Gasteiger partial charge in [-0.3, -0.25) is 9.69 Å². The van der Waals surface area contributed by atoms with Gasteiger partial charge in [0.25, 0.3) is 5.91 Å². The number of carbonyl (C=O) groups is 1. The van der Waals surface area contributed by atoms with E-state index in [0.717, 1.165) is 0 Å². The van der Waals surface area contributed by atoms with Crippen LogP contribution in [0.4, 0.5) is 5.69 Å². The molecule has 0 saturated carbocycles. The van der Waals surface area contributed by atoms with Gasteiger partial charge in [-0.05, 0) is 24.3 Å². The van der Waals surface area contributed by atoms with Crippen LogP contribution in [0.1, 0.15) is 22.1 Å². The van der Waals surface area contributed by atoms with Crippen LogP contribution in [0.2, 0.25) is 0 Å². The number of rotatable bonds is 1. The second kappa shape index (κ2) is 3.11. The summed E-state index contributed by atoms with van der Waals surface area (Å²) in [5.41, 5.74) is 2.89. The molecule has 2 bridgehead atoms. The molecule has 1 aliphatic rings. The van der Waals surface area contributed by atoms with Gasteiger partial charge in [-0.25, -0.2) is 0 Å². The van der Waals surface area contributed by atoms with E-state index in [1.807, 2.05) is 18.2 Å². The normalized spacial score (nSPS) is 18.8. The zero-order valence-corrected chi connectivity index (χ0v) is 9.33. The van der Waals surface area contributed by atoms with Crippen LogP contribution in [-0.2, 0) is 0 Å². The average molecular weight is 239 g/mol. The summed E-state index contributed by atoms with van der Waals surface area (Å²) in [5, 5.41) is 10.3. The van der Waals surface area contributed by atoms with Gasteiger partial charge in [-0.2, -0.15) is 0 Å². The molecule has 1 amide bonds. The Kier molecular flexibility index (Phi) is 1.67. The topological polar surface area (TPSA) is 53.7 Å². The molecule has 4 nitrogen and oxygen atoms in total. The standard InChI is InChI=1S/C14H9NO3/c16-13-11-9-6-7-10(18-9)12(11)14(17)15(13)8-4-2-1-3-5-8/h1-7,13,16H. The number of nitrogens with zero attached hydrogens (tertiary/aromatic N) is 1. The van der Waals surface area contributed by atoms with E-state index in [2.05, 4.69) is 0 Å². The van der Waals surface area contributed by atoms with Crippen LogP contribution in [0, 0.1) is 0 Å². The van der Waals surface area contributed by atoms with Gasteiger partial charge in [-0.1, -0.05) is 18.2 Å². The fourth-order valence-electron chi connectivity index (χ4n) is 2.56. The first-order valence-electron chi connectivity index (χ1n) is 5.69. The van der Waals surface area contributed by atoms with Crippen LogP contribution in [0.15, 0.2) is 46.9 Å². The Balaban J connectivity index is 1.91. The molecular weight excluding hydrogens is 230 g/mol. The lowest BCUT2D eigenvalue weighted by Gasteiger charge is -2.20. The second-order valence-corrected chi connectivity index (χ2v) is 4.34. The summed E-state index contributed by atoms with van der Waals surface area (Å²) in [4.78, 5) is 13.7. The van der Waals surface area contributed by atoms with Crippen LogP contribution >= 0.6 is 0 Å². The summed E-state index contributed by atoms with van der Waals surface area (Å²) in [6.07, 6.45) is -0.965. The van der Waals surface area contributed by atoms with Gasteiger partial charge < -0.3 is 9.52 Å².